The lowest BCUT2D eigenvalue weighted by Gasteiger charge is -2.25. The first-order valence-electron chi connectivity index (χ1n) is 11.0. The molecule has 1 amide bonds. The summed E-state index contributed by atoms with van der Waals surface area (Å²) in [6.45, 7) is 1.68. The molecule has 1 N–H and O–H groups in total. The Morgan fingerprint density at radius 1 is 1.00 bits per heavy atom. The lowest BCUT2D eigenvalue weighted by molar-refractivity contribution is -0.132. The van der Waals surface area contributed by atoms with Gasteiger partial charge < -0.3 is 14.4 Å². The number of hydrogen-bond donors (Lipinski definition) is 1. The van der Waals surface area contributed by atoms with Crippen molar-refractivity contribution in [1.82, 2.24) is 10.1 Å². The number of ketones is 1. The highest BCUT2D eigenvalue weighted by molar-refractivity contribution is 6.51. The van der Waals surface area contributed by atoms with Crippen LogP contribution in [0, 0.1) is 12.7 Å². The van der Waals surface area contributed by atoms with Crippen LogP contribution in [0.25, 0.3) is 17.1 Å². The number of nitrogens with zero attached hydrogens (tertiary/aromatic N) is 3. The summed E-state index contributed by atoms with van der Waals surface area (Å²) in [7, 11) is 1.51. The zero-order valence-corrected chi connectivity index (χ0v) is 19.3. The van der Waals surface area contributed by atoms with Crippen LogP contribution in [0.15, 0.2) is 82.9 Å². The van der Waals surface area contributed by atoms with E-state index in [4.69, 9.17) is 9.26 Å². The maximum atomic E-state index is 13.7. The van der Waals surface area contributed by atoms with Crippen molar-refractivity contribution < 1.29 is 28.3 Å². The van der Waals surface area contributed by atoms with Gasteiger partial charge in [-0.25, -0.2) is 4.39 Å². The molecule has 180 valence electrons. The molecule has 0 spiro atoms. The molecule has 0 radical (unpaired) electrons. The SMILES string of the molecule is COc1ccc(/C(O)=C2/C(=O)C(=O)N(c3ccc(-c4noc(C)n4)cc3)C2c2ccc(F)cc2)cc1. The summed E-state index contributed by atoms with van der Waals surface area (Å²) in [5.74, 6) is -1.11. The normalized spacial score (nSPS) is 17.0. The van der Waals surface area contributed by atoms with Crippen molar-refractivity contribution in [3.8, 4) is 17.1 Å². The van der Waals surface area contributed by atoms with Crippen molar-refractivity contribution in [1.29, 1.82) is 0 Å². The first kappa shape index (κ1) is 23.0. The molecule has 2 heterocycles. The summed E-state index contributed by atoms with van der Waals surface area (Å²) in [5, 5.41) is 15.0. The zero-order chi connectivity index (χ0) is 25.4. The fourth-order valence-corrected chi connectivity index (χ4v) is 4.15. The highest BCUT2D eigenvalue weighted by Gasteiger charge is 2.47. The Labute approximate surface area is 205 Å². The molecule has 36 heavy (non-hydrogen) atoms. The van der Waals surface area contributed by atoms with Gasteiger partial charge in [0.05, 0.1) is 18.7 Å². The van der Waals surface area contributed by atoms with Gasteiger partial charge in [0.25, 0.3) is 11.7 Å². The summed E-state index contributed by atoms with van der Waals surface area (Å²) >= 11 is 0. The average molecular weight is 485 g/mol. The van der Waals surface area contributed by atoms with Crippen LogP contribution in [-0.4, -0.2) is 34.0 Å². The maximum Gasteiger partial charge on any atom is 0.300 e. The number of anilines is 1. The third-order valence-corrected chi connectivity index (χ3v) is 5.92. The largest absolute Gasteiger partial charge is 0.507 e. The van der Waals surface area contributed by atoms with E-state index in [2.05, 4.69) is 10.1 Å². The predicted molar refractivity (Wildman–Crippen MR) is 129 cm³/mol. The summed E-state index contributed by atoms with van der Waals surface area (Å²) in [5.41, 5.74) is 1.76. The number of hydrogen-bond acceptors (Lipinski definition) is 7. The van der Waals surface area contributed by atoms with Gasteiger partial charge in [-0.15, -0.1) is 0 Å². The molecule has 3 aromatic carbocycles. The minimum absolute atomic E-state index is 0.102. The number of carbonyl (C=O) groups is 2. The first-order chi connectivity index (χ1) is 17.4. The van der Waals surface area contributed by atoms with E-state index in [0.29, 0.717) is 39.8 Å². The Balaban J connectivity index is 1.63. The number of amides is 1. The van der Waals surface area contributed by atoms with Crippen molar-refractivity contribution >= 4 is 23.1 Å². The van der Waals surface area contributed by atoms with E-state index in [9.17, 15) is 19.1 Å². The van der Waals surface area contributed by atoms with E-state index in [1.54, 1.807) is 55.5 Å². The van der Waals surface area contributed by atoms with Crippen LogP contribution >= 0.6 is 0 Å². The smallest absolute Gasteiger partial charge is 0.300 e. The molecule has 9 heteroatoms. The Kier molecular flexibility index (Phi) is 5.81. The lowest BCUT2D eigenvalue weighted by Crippen LogP contribution is -2.29. The molecule has 0 saturated carbocycles. The fourth-order valence-electron chi connectivity index (χ4n) is 4.15. The molecule has 0 bridgehead atoms. The molecule has 5 rings (SSSR count). The Morgan fingerprint density at radius 2 is 1.67 bits per heavy atom. The molecule has 1 aromatic heterocycles. The number of aryl methyl sites for hydroxylation is 1. The Hall–Kier alpha value is -4.79. The van der Waals surface area contributed by atoms with Gasteiger partial charge in [-0.1, -0.05) is 17.3 Å². The van der Waals surface area contributed by atoms with Gasteiger partial charge in [-0.05, 0) is 66.2 Å². The second-order valence-corrected chi connectivity index (χ2v) is 8.13. The topological polar surface area (TPSA) is 106 Å². The number of ether oxygens (including phenoxy) is 1. The molecule has 1 saturated heterocycles. The van der Waals surface area contributed by atoms with E-state index in [0.717, 1.165) is 0 Å². The number of rotatable bonds is 5. The summed E-state index contributed by atoms with van der Waals surface area (Å²) in [6, 6.07) is 17.6. The van der Waals surface area contributed by atoms with Gasteiger partial charge in [-0.2, -0.15) is 4.98 Å². The molecule has 1 unspecified atom stereocenters. The van der Waals surface area contributed by atoms with Crippen molar-refractivity contribution in [3.63, 3.8) is 0 Å². The van der Waals surface area contributed by atoms with Crippen LogP contribution in [0.2, 0.25) is 0 Å². The van der Waals surface area contributed by atoms with E-state index in [1.165, 1.54) is 36.3 Å². The second-order valence-electron chi connectivity index (χ2n) is 8.13. The number of Topliss-reactive ketones (excluding diaryl/α,β-unsaturated/α-hetero) is 1. The number of aromatic nitrogens is 2. The molecular formula is C27H20FN3O5. The molecule has 1 aliphatic rings. The van der Waals surface area contributed by atoms with E-state index in [1.807, 2.05) is 0 Å². The maximum absolute atomic E-state index is 13.7. The average Bonchev–Trinajstić information content (AvgIpc) is 3.45. The number of halogens is 1. The van der Waals surface area contributed by atoms with Crippen molar-refractivity contribution in [3.05, 3.63) is 101 Å². The van der Waals surface area contributed by atoms with Crippen LogP contribution < -0.4 is 9.64 Å². The third kappa shape index (κ3) is 4.00. The van der Waals surface area contributed by atoms with Crippen LogP contribution in [0.3, 0.4) is 0 Å². The zero-order valence-electron chi connectivity index (χ0n) is 19.3. The van der Waals surface area contributed by atoms with Gasteiger partial charge >= 0.3 is 0 Å². The van der Waals surface area contributed by atoms with Crippen molar-refractivity contribution in [2.45, 2.75) is 13.0 Å². The monoisotopic (exact) mass is 485 g/mol. The van der Waals surface area contributed by atoms with Crippen LogP contribution in [0.1, 0.15) is 23.1 Å². The standard InChI is InChI=1S/C27H20FN3O5/c1-15-29-26(30-36-15)18-5-11-20(12-6-18)31-23(16-3-9-19(28)10-4-16)22(25(33)27(31)34)24(32)17-7-13-21(35-2)14-8-17/h3-14,23,32H,1-2H3/b24-22-. The number of benzene rings is 3. The summed E-state index contributed by atoms with van der Waals surface area (Å²) in [6.07, 6.45) is 0. The highest BCUT2D eigenvalue weighted by Crippen LogP contribution is 2.42. The molecule has 1 atom stereocenters. The predicted octanol–water partition coefficient (Wildman–Crippen LogP) is 4.82. The van der Waals surface area contributed by atoms with E-state index >= 15 is 0 Å². The number of methoxy groups -OCH3 is 1. The van der Waals surface area contributed by atoms with E-state index < -0.39 is 23.5 Å². The minimum atomic E-state index is -0.981. The Morgan fingerprint density at radius 3 is 2.25 bits per heavy atom. The quantitative estimate of drug-likeness (QED) is 0.245. The molecule has 0 aliphatic carbocycles. The van der Waals surface area contributed by atoms with Gasteiger partial charge in [0, 0.05) is 23.7 Å². The summed E-state index contributed by atoms with van der Waals surface area (Å²) < 4.78 is 23.9. The third-order valence-electron chi connectivity index (χ3n) is 5.92. The number of aliphatic hydroxyl groups is 1. The van der Waals surface area contributed by atoms with Gasteiger partial charge in [0.2, 0.25) is 11.7 Å². The first-order valence-corrected chi connectivity index (χ1v) is 11.0. The molecular weight excluding hydrogens is 465 g/mol. The summed E-state index contributed by atoms with van der Waals surface area (Å²) in [4.78, 5) is 32.0. The van der Waals surface area contributed by atoms with E-state index in [-0.39, 0.29) is 11.3 Å². The highest BCUT2D eigenvalue weighted by atomic mass is 19.1. The Bertz CT molecular complexity index is 1480. The molecule has 1 aliphatic heterocycles. The molecule has 8 nitrogen and oxygen atoms in total. The molecule has 4 aromatic rings. The van der Waals surface area contributed by atoms with Crippen molar-refractivity contribution in [2.24, 2.45) is 0 Å². The van der Waals surface area contributed by atoms with Gasteiger partial charge in [0.1, 0.15) is 17.3 Å². The number of aliphatic hydroxyl groups excluding tert-OH is 1. The lowest BCUT2D eigenvalue weighted by atomic mass is 9.95. The van der Waals surface area contributed by atoms with Crippen LogP contribution in [0.4, 0.5) is 10.1 Å². The fraction of sp³-hybridized carbons (Fsp3) is 0.111. The number of carbonyl (C=O) groups excluding carboxylic acids is 2. The van der Waals surface area contributed by atoms with Crippen molar-refractivity contribution in [2.75, 3.05) is 12.0 Å². The van der Waals surface area contributed by atoms with Crippen LogP contribution in [0.5, 0.6) is 5.75 Å². The molecule has 1 fully saturated rings. The second kappa shape index (κ2) is 9.10. The van der Waals surface area contributed by atoms with Gasteiger partial charge in [-0.3, -0.25) is 14.5 Å². The van der Waals surface area contributed by atoms with Crippen LogP contribution in [-0.2, 0) is 9.59 Å². The van der Waals surface area contributed by atoms with Gasteiger partial charge in [0.15, 0.2) is 0 Å². The minimum Gasteiger partial charge on any atom is -0.507 e.